The van der Waals surface area contributed by atoms with Gasteiger partial charge in [0.2, 0.25) is 82.4 Å². The molecule has 0 saturated carbocycles. The molecule has 8 aliphatic rings. The summed E-state index contributed by atoms with van der Waals surface area (Å²) in [5.41, 5.74) is 26.4. The van der Waals surface area contributed by atoms with Crippen LogP contribution in [0, 0.1) is 113 Å². The third-order valence-electron chi connectivity index (χ3n) is 28.4. The molecule has 4 N–H and O–H groups in total. The van der Waals surface area contributed by atoms with Crippen LogP contribution in [-0.2, 0) is 43.2 Å². The molecule has 11 aromatic rings. The third kappa shape index (κ3) is 25.6. The molecule has 2 unspecified atom stereocenters. The number of aryl methyl sites for hydroxylation is 12. The summed E-state index contributed by atoms with van der Waals surface area (Å²) in [6, 6.07) is 55.6. The van der Waals surface area contributed by atoms with Crippen LogP contribution < -0.4 is 25.3 Å². The van der Waals surface area contributed by atoms with Gasteiger partial charge in [0.05, 0.1) is 29.6 Å². The van der Waals surface area contributed by atoms with Crippen molar-refractivity contribution in [2.24, 2.45) is 40.5 Å². The highest BCUT2D eigenvalue weighted by Gasteiger charge is 2.44. The van der Waals surface area contributed by atoms with Crippen molar-refractivity contribution in [2.75, 3.05) is 104 Å². The van der Waals surface area contributed by atoms with E-state index in [1.54, 1.807) is 24.5 Å². The lowest BCUT2D eigenvalue weighted by Gasteiger charge is -2.32. The number of carboxylic acid groups (broad SMARTS) is 1. The van der Waals surface area contributed by atoms with Crippen molar-refractivity contribution in [2.45, 2.75) is 178 Å². The number of carbonyl (C=O) groups is 9. The highest BCUT2D eigenvalue weighted by atomic mass is 32.2. The largest absolute Gasteiger partial charge is 0.481 e. The van der Waals surface area contributed by atoms with Gasteiger partial charge in [0.1, 0.15) is 0 Å². The summed E-state index contributed by atoms with van der Waals surface area (Å²) < 4.78 is 26.9. The Kier molecular flexibility index (Phi) is 34.1. The van der Waals surface area contributed by atoms with Crippen molar-refractivity contribution < 1.29 is 70.9 Å². The molecule has 30 nitrogen and oxygen atoms in total. The Hall–Kier alpha value is -14.0. The van der Waals surface area contributed by atoms with E-state index in [4.69, 9.17) is 29.6 Å². The first-order valence-corrected chi connectivity index (χ1v) is 49.6. The number of likely N-dealkylation sites (tertiary alicyclic amines) is 4. The Labute approximate surface area is 827 Å². The first kappa shape index (κ1) is 103. The van der Waals surface area contributed by atoms with Crippen LogP contribution in [0.3, 0.4) is 0 Å². The number of amidine groups is 1. The van der Waals surface area contributed by atoms with Crippen LogP contribution in [0.2, 0.25) is 0 Å². The van der Waals surface area contributed by atoms with E-state index in [9.17, 15) is 47.0 Å². The average molecular weight is 1940 g/mol. The number of benzene rings is 8. The van der Waals surface area contributed by atoms with Gasteiger partial charge in [0.15, 0.2) is 5.84 Å². The molecule has 0 aliphatic carbocycles. The zero-order valence-electron chi connectivity index (χ0n) is 82.6. The van der Waals surface area contributed by atoms with E-state index in [0.717, 1.165) is 111 Å². The molecule has 8 fully saturated rings. The molecule has 0 radical (unpaired) electrons. The number of aromatic nitrogens is 6. The normalized spacial score (nSPS) is 18.7. The third-order valence-corrected chi connectivity index (χ3v) is 28.4. The summed E-state index contributed by atoms with van der Waals surface area (Å²) in [4.78, 5) is 142. The zero-order chi connectivity index (χ0) is 101. The minimum atomic E-state index is -0.788. The number of nitrogens with two attached hydrogens (primary N) is 1. The van der Waals surface area contributed by atoms with Gasteiger partial charge >= 0.3 is 5.97 Å². The Balaban J connectivity index is 0.000000143. The second-order valence-electron chi connectivity index (χ2n) is 38.4. The Morgan fingerprint density at radius 3 is 0.794 bits per heavy atom. The second kappa shape index (κ2) is 46.8. The fraction of sp³-hybridized carbons (Fsp3) is 0.413. The summed E-state index contributed by atoms with van der Waals surface area (Å²) in [5, 5.41) is 32.7. The van der Waals surface area contributed by atoms with Gasteiger partial charge in [0, 0.05) is 185 Å². The van der Waals surface area contributed by atoms with E-state index in [1.807, 2.05) is 247 Å². The van der Waals surface area contributed by atoms with Gasteiger partial charge in [-0.25, -0.2) is 0 Å². The lowest BCUT2D eigenvalue weighted by Crippen LogP contribution is -2.43. The summed E-state index contributed by atoms with van der Waals surface area (Å²) in [5.74, 6) is 2.18. The number of nitrogens with zero attached hydrogens (tertiary/aromatic N) is 15. The number of oxime groups is 1. The monoisotopic (exact) mass is 1930 g/mol. The molecule has 8 aliphatic heterocycles. The number of carbonyl (C=O) groups excluding carboxylic acids is 8. The smallest absolute Gasteiger partial charge is 0.306 e. The standard InChI is InChI=1S/3C27H30N4O3.C19H24N2O4.C8H10N2O.CH3FS/c3*1-17-4-7-20(8-5-17)25-28-26(34-29-25)21-10-12-30(13-11-21)27(33)22-15-24(32)31(16-22)23-9-6-18(2)19(3)14-23;1-12-3-4-16(9-13(12)2)21-11-15(10-17(21)22)18(23)20-7-5-14(6-8-20)19(24)25;1-6-2-4-7(5-3-6)8(9)10-11;1-3-2/h3*4-9,14,21-22H,10-13,15-16H2,1-3H3;3-4,9,14-15H,5-8,10-11H2,1-2H3,(H,24,25);2-5,11H,1H3,(H2,9,10);1H3/t2*22-;;;;/m10..../s1. The molecule has 4 atom stereocenters. The van der Waals surface area contributed by atoms with Gasteiger partial charge in [-0.15, -0.1) is 0 Å². The average Bonchev–Trinajstić information content (AvgIpc) is 1.67. The topological polar surface area (TPSA) is 375 Å². The minimum absolute atomic E-state index is 0.0194. The number of piperidine rings is 4. The van der Waals surface area contributed by atoms with Crippen LogP contribution in [0.25, 0.3) is 34.2 Å². The Morgan fingerprint density at radius 2 is 0.574 bits per heavy atom. The molecule has 8 saturated heterocycles. The molecule has 0 spiro atoms. The van der Waals surface area contributed by atoms with E-state index < -0.39 is 5.97 Å². The molecular formula is C109H127FN16O14S. The predicted molar refractivity (Wildman–Crippen MR) is 540 cm³/mol. The van der Waals surface area contributed by atoms with E-state index >= 15 is 0 Å². The van der Waals surface area contributed by atoms with Crippen molar-refractivity contribution in [3.05, 3.63) is 260 Å². The lowest BCUT2D eigenvalue weighted by molar-refractivity contribution is -0.146. The summed E-state index contributed by atoms with van der Waals surface area (Å²) in [6.45, 7) is 30.9. The maximum Gasteiger partial charge on any atom is 0.306 e. The van der Waals surface area contributed by atoms with Gasteiger partial charge < -0.3 is 68.8 Å². The maximum absolute atomic E-state index is 13.2. The number of aliphatic carboxylic acids is 1. The van der Waals surface area contributed by atoms with Gasteiger partial charge in [-0.2, -0.15) is 18.8 Å². The van der Waals surface area contributed by atoms with Crippen LogP contribution in [0.5, 0.6) is 0 Å². The maximum atomic E-state index is 13.2. The first-order valence-electron chi connectivity index (χ1n) is 48.5. The molecular weight excluding hydrogens is 1810 g/mol. The van der Waals surface area contributed by atoms with Crippen LogP contribution >= 0.6 is 12.1 Å². The number of amides is 8. The molecule has 8 aromatic carbocycles. The van der Waals surface area contributed by atoms with Crippen molar-refractivity contribution in [1.82, 2.24) is 50.0 Å². The molecule has 740 valence electrons. The van der Waals surface area contributed by atoms with Crippen LogP contribution in [0.1, 0.15) is 185 Å². The SMILES string of the molecule is CSF.Cc1ccc(-c2noc(C3CCN(C(=O)C4CC(=O)N(c5ccc(C)c(C)c5)C4)CC3)n2)cc1.Cc1ccc(-c2noc(C3CCN(C(=O)[C@@H]4CC(=O)N(c5ccc(C)c(C)c5)C4)CC3)n2)cc1.Cc1ccc(-c2noc(C3CCN(C(=O)[C@H]4CC(=O)N(c5ccc(C)c(C)c5)C4)CC3)n2)cc1.Cc1ccc(C(N)=NO)cc1.Cc1ccc(N2CC(C(=O)N3CCC(C(=O)O)CC3)CC2=O)cc1C. The summed E-state index contributed by atoms with van der Waals surface area (Å²) in [6.07, 6.45) is 8.08. The lowest BCUT2D eigenvalue weighted by atomic mass is 9.95. The predicted octanol–water partition coefficient (Wildman–Crippen LogP) is 17.6. The fourth-order valence-corrected chi connectivity index (χ4v) is 18.9. The summed E-state index contributed by atoms with van der Waals surface area (Å²) >= 11 is 0.250. The van der Waals surface area contributed by atoms with Crippen molar-refractivity contribution in [1.29, 1.82) is 0 Å². The first-order chi connectivity index (χ1) is 67.7. The van der Waals surface area contributed by atoms with Gasteiger partial charge in [-0.1, -0.05) is 164 Å². The molecule has 0 bridgehead atoms. The highest BCUT2D eigenvalue weighted by molar-refractivity contribution is 7.93. The highest BCUT2D eigenvalue weighted by Crippen LogP contribution is 2.39. The Morgan fingerprint density at radius 1 is 0.348 bits per heavy atom. The molecule has 8 amide bonds. The van der Waals surface area contributed by atoms with Gasteiger partial charge in [0.25, 0.3) is 0 Å². The number of hydrogen-bond donors (Lipinski definition) is 3. The zero-order valence-corrected chi connectivity index (χ0v) is 83.4. The summed E-state index contributed by atoms with van der Waals surface area (Å²) in [7, 11) is 0. The van der Waals surface area contributed by atoms with Gasteiger partial charge in [-0.3, -0.25) is 43.2 Å². The van der Waals surface area contributed by atoms with Crippen molar-refractivity contribution in [3.63, 3.8) is 0 Å². The molecule has 3 aromatic heterocycles. The fourth-order valence-electron chi connectivity index (χ4n) is 18.9. The number of carboxylic acids is 1. The van der Waals surface area contributed by atoms with E-state index in [2.05, 4.69) is 56.3 Å². The van der Waals surface area contributed by atoms with Crippen molar-refractivity contribution >= 4 is 94.0 Å². The molecule has 19 rings (SSSR count). The van der Waals surface area contributed by atoms with Crippen LogP contribution in [-0.4, -0.2) is 204 Å². The number of halogens is 1. The Bertz CT molecular complexity index is 5860. The second-order valence-corrected chi connectivity index (χ2v) is 38.7. The minimum Gasteiger partial charge on any atom is -0.481 e. The molecule has 141 heavy (non-hydrogen) atoms. The van der Waals surface area contributed by atoms with Crippen LogP contribution in [0.15, 0.2) is 189 Å². The van der Waals surface area contributed by atoms with E-state index in [1.165, 1.54) is 45.2 Å². The quantitative estimate of drug-likeness (QED) is 0.0350. The number of rotatable bonds is 16. The number of anilines is 4. The molecule has 32 heteroatoms. The van der Waals surface area contributed by atoms with Gasteiger partial charge in [-0.05, 0) is 227 Å². The van der Waals surface area contributed by atoms with E-state index in [-0.39, 0.29) is 138 Å². The molecule has 11 heterocycles. The van der Waals surface area contributed by atoms with Crippen molar-refractivity contribution in [3.8, 4) is 34.2 Å². The number of hydrogen-bond acceptors (Lipinski definition) is 21. The van der Waals surface area contributed by atoms with Crippen LogP contribution in [0.4, 0.5) is 26.6 Å². The van der Waals surface area contributed by atoms with E-state index in [0.29, 0.717) is 127 Å².